The molecule has 2 bridgehead atoms. The SMILES string of the molecule is Cc1cccc2c1NC(=O)C(NC(=O)OCc1ccccc1)N=C2CN1CC2CCC(CC2)C1. The molecule has 2 N–H and O–H groups in total. The van der Waals surface area contributed by atoms with E-state index in [1.54, 1.807) is 0 Å². The maximum absolute atomic E-state index is 13.0. The van der Waals surface area contributed by atoms with Gasteiger partial charge in [0, 0.05) is 25.2 Å². The molecule has 2 amide bonds. The van der Waals surface area contributed by atoms with Crippen molar-refractivity contribution in [3.8, 4) is 0 Å². The summed E-state index contributed by atoms with van der Waals surface area (Å²) in [5.74, 6) is 1.12. The average Bonchev–Trinajstić information content (AvgIpc) is 3.21. The number of hydrogen-bond acceptors (Lipinski definition) is 5. The molecule has 3 heterocycles. The maximum atomic E-state index is 13.0. The standard InChI is InChI=1S/C27H32N4O3/c1-18-6-5-9-22-23(16-31-14-19-10-11-20(15-31)13-12-19)28-25(26(32)29-24(18)22)30-27(33)34-17-21-7-3-2-4-8-21/h2-9,19-20,25H,10-17H2,1H3,(H,29,32)(H,30,33). The molecule has 2 aromatic carbocycles. The second-order valence-corrected chi connectivity index (χ2v) is 9.75. The molecule has 0 aromatic heterocycles. The summed E-state index contributed by atoms with van der Waals surface area (Å²) in [5, 5.41) is 5.65. The molecular weight excluding hydrogens is 428 g/mol. The van der Waals surface area contributed by atoms with Crippen molar-refractivity contribution in [1.82, 2.24) is 10.2 Å². The van der Waals surface area contributed by atoms with E-state index in [4.69, 9.17) is 9.73 Å². The quantitative estimate of drug-likeness (QED) is 0.704. The molecule has 34 heavy (non-hydrogen) atoms. The summed E-state index contributed by atoms with van der Waals surface area (Å²) in [6.45, 7) is 4.90. The summed E-state index contributed by atoms with van der Waals surface area (Å²) >= 11 is 0. The first-order chi connectivity index (χ1) is 16.5. The van der Waals surface area contributed by atoms with E-state index in [0.29, 0.717) is 6.54 Å². The lowest BCUT2D eigenvalue weighted by atomic mass is 9.84. The van der Waals surface area contributed by atoms with Crippen molar-refractivity contribution in [3.05, 3.63) is 65.2 Å². The Balaban J connectivity index is 1.36. The molecule has 3 fully saturated rings. The van der Waals surface area contributed by atoms with E-state index < -0.39 is 12.3 Å². The Morgan fingerprint density at radius 1 is 1.06 bits per heavy atom. The molecule has 1 unspecified atom stereocenters. The average molecular weight is 461 g/mol. The van der Waals surface area contributed by atoms with Crippen LogP contribution in [-0.4, -0.2) is 48.4 Å². The number of aliphatic imine (C=N–C) groups is 1. The van der Waals surface area contributed by atoms with Crippen molar-refractivity contribution in [2.75, 3.05) is 25.0 Å². The minimum atomic E-state index is -1.05. The highest BCUT2D eigenvalue weighted by atomic mass is 16.5. The number of anilines is 1. The van der Waals surface area contributed by atoms with Gasteiger partial charge in [-0.05, 0) is 55.6 Å². The molecular formula is C27H32N4O3. The van der Waals surface area contributed by atoms with E-state index in [1.807, 2.05) is 55.5 Å². The van der Waals surface area contributed by atoms with Crippen molar-refractivity contribution >= 4 is 23.4 Å². The van der Waals surface area contributed by atoms with Gasteiger partial charge in [-0.3, -0.25) is 20.0 Å². The Labute approximate surface area is 200 Å². The predicted molar refractivity (Wildman–Crippen MR) is 132 cm³/mol. The van der Waals surface area contributed by atoms with Crippen LogP contribution in [-0.2, 0) is 16.1 Å². The third-order valence-corrected chi connectivity index (χ3v) is 7.20. The van der Waals surface area contributed by atoms with E-state index in [0.717, 1.165) is 53.0 Å². The molecule has 4 aliphatic rings. The fourth-order valence-electron chi connectivity index (χ4n) is 5.39. The zero-order valence-corrected chi connectivity index (χ0v) is 19.6. The molecule has 7 nitrogen and oxygen atoms in total. The first kappa shape index (κ1) is 22.6. The Morgan fingerprint density at radius 2 is 1.76 bits per heavy atom. The highest BCUT2D eigenvalue weighted by Crippen LogP contribution is 2.34. The van der Waals surface area contributed by atoms with Crippen molar-refractivity contribution in [1.29, 1.82) is 0 Å². The Kier molecular flexibility index (Phi) is 6.63. The monoisotopic (exact) mass is 460 g/mol. The molecule has 2 saturated heterocycles. The molecule has 1 aliphatic carbocycles. The van der Waals surface area contributed by atoms with Gasteiger partial charge in [0.05, 0.1) is 11.4 Å². The van der Waals surface area contributed by atoms with Gasteiger partial charge in [-0.15, -0.1) is 0 Å². The number of carbonyl (C=O) groups excluding carboxylic acids is 2. The van der Waals surface area contributed by atoms with Crippen LogP contribution >= 0.6 is 0 Å². The van der Waals surface area contributed by atoms with Gasteiger partial charge in [0.15, 0.2) is 0 Å². The lowest BCUT2D eigenvalue weighted by Gasteiger charge is -2.24. The van der Waals surface area contributed by atoms with Crippen LogP contribution in [0.1, 0.15) is 42.4 Å². The number of amides is 2. The lowest BCUT2D eigenvalue weighted by molar-refractivity contribution is -0.117. The van der Waals surface area contributed by atoms with E-state index in [2.05, 4.69) is 15.5 Å². The van der Waals surface area contributed by atoms with Crippen LogP contribution in [0.2, 0.25) is 0 Å². The van der Waals surface area contributed by atoms with Gasteiger partial charge in [-0.2, -0.15) is 0 Å². The maximum Gasteiger partial charge on any atom is 0.409 e. The molecule has 3 aliphatic heterocycles. The number of nitrogens with one attached hydrogen (secondary N) is 2. The van der Waals surface area contributed by atoms with Crippen LogP contribution in [0.25, 0.3) is 0 Å². The second-order valence-electron chi connectivity index (χ2n) is 9.75. The van der Waals surface area contributed by atoms with Crippen LogP contribution in [0.3, 0.4) is 0 Å². The third kappa shape index (κ3) is 5.14. The van der Waals surface area contributed by atoms with Gasteiger partial charge in [-0.1, -0.05) is 48.5 Å². The van der Waals surface area contributed by atoms with E-state index >= 15 is 0 Å². The van der Waals surface area contributed by atoms with Gasteiger partial charge >= 0.3 is 6.09 Å². The summed E-state index contributed by atoms with van der Waals surface area (Å²) < 4.78 is 5.35. The lowest BCUT2D eigenvalue weighted by Crippen LogP contribution is -2.43. The number of para-hydroxylation sites is 1. The largest absolute Gasteiger partial charge is 0.445 e. The number of hydrogen-bond donors (Lipinski definition) is 2. The molecule has 1 atom stereocenters. The highest BCUT2D eigenvalue weighted by Gasteiger charge is 2.32. The zero-order valence-electron chi connectivity index (χ0n) is 19.6. The van der Waals surface area contributed by atoms with Gasteiger partial charge in [0.25, 0.3) is 5.91 Å². The minimum Gasteiger partial charge on any atom is -0.445 e. The van der Waals surface area contributed by atoms with Crippen LogP contribution in [0.5, 0.6) is 0 Å². The number of fused-ring (bicyclic) bond motifs is 5. The summed E-state index contributed by atoms with van der Waals surface area (Å²) in [6, 6.07) is 15.4. The number of rotatable bonds is 5. The number of benzodiazepines with no additional fused rings is 1. The Morgan fingerprint density at radius 3 is 2.47 bits per heavy atom. The second kappa shape index (κ2) is 9.97. The summed E-state index contributed by atoms with van der Waals surface area (Å²) in [4.78, 5) is 32.8. The number of aryl methyl sites for hydroxylation is 1. The molecule has 2 aromatic rings. The fourth-order valence-corrected chi connectivity index (χ4v) is 5.39. The van der Waals surface area contributed by atoms with Gasteiger partial charge in [0.2, 0.25) is 6.17 Å². The first-order valence-corrected chi connectivity index (χ1v) is 12.2. The van der Waals surface area contributed by atoms with Crippen molar-refractivity contribution < 1.29 is 14.3 Å². The van der Waals surface area contributed by atoms with Crippen LogP contribution in [0, 0.1) is 18.8 Å². The summed E-state index contributed by atoms with van der Waals surface area (Å²) in [7, 11) is 0. The van der Waals surface area contributed by atoms with Gasteiger partial charge in [0.1, 0.15) is 6.61 Å². The van der Waals surface area contributed by atoms with Crippen molar-refractivity contribution in [2.45, 2.75) is 45.4 Å². The van der Waals surface area contributed by atoms with Gasteiger partial charge < -0.3 is 10.1 Å². The highest BCUT2D eigenvalue weighted by molar-refractivity contribution is 6.13. The molecule has 0 spiro atoms. The van der Waals surface area contributed by atoms with E-state index in [-0.39, 0.29) is 12.5 Å². The molecule has 6 rings (SSSR count). The minimum absolute atomic E-state index is 0.132. The predicted octanol–water partition coefficient (Wildman–Crippen LogP) is 4.11. The molecule has 1 saturated carbocycles. The van der Waals surface area contributed by atoms with Crippen molar-refractivity contribution in [2.24, 2.45) is 16.8 Å². The number of nitrogens with zero attached hydrogens (tertiary/aromatic N) is 2. The molecule has 7 heteroatoms. The number of ether oxygens (including phenoxy) is 1. The van der Waals surface area contributed by atoms with Crippen LogP contribution in [0.15, 0.2) is 53.5 Å². The normalized spacial score (nSPS) is 24.3. The van der Waals surface area contributed by atoms with Gasteiger partial charge in [-0.25, -0.2) is 4.79 Å². The molecule has 0 radical (unpaired) electrons. The number of benzene rings is 2. The number of carbonyl (C=O) groups is 2. The summed E-state index contributed by atoms with van der Waals surface area (Å²) in [5.41, 5.74) is 4.37. The fraction of sp³-hybridized carbons (Fsp3) is 0.444. The van der Waals surface area contributed by atoms with Crippen LogP contribution in [0.4, 0.5) is 10.5 Å². The smallest absolute Gasteiger partial charge is 0.409 e. The van der Waals surface area contributed by atoms with E-state index in [9.17, 15) is 9.59 Å². The Hall–Kier alpha value is -3.19. The van der Waals surface area contributed by atoms with Crippen LogP contribution < -0.4 is 10.6 Å². The topological polar surface area (TPSA) is 83.0 Å². The number of alkyl carbamates (subject to hydrolysis) is 1. The zero-order chi connectivity index (χ0) is 23.5. The first-order valence-electron chi connectivity index (χ1n) is 12.2. The summed E-state index contributed by atoms with van der Waals surface area (Å²) in [6.07, 6.45) is 3.51. The Bertz CT molecular complexity index is 1060. The third-order valence-electron chi connectivity index (χ3n) is 7.20. The molecule has 178 valence electrons. The van der Waals surface area contributed by atoms with E-state index in [1.165, 1.54) is 25.7 Å². The van der Waals surface area contributed by atoms with Crippen molar-refractivity contribution in [3.63, 3.8) is 0 Å².